The van der Waals surface area contributed by atoms with Gasteiger partial charge < -0.3 is 15.6 Å². The van der Waals surface area contributed by atoms with Crippen LogP contribution >= 0.6 is 0 Å². The van der Waals surface area contributed by atoms with Gasteiger partial charge >= 0.3 is 5.97 Å². The fraction of sp³-hybridized carbons (Fsp3) is 0.514. The van der Waals surface area contributed by atoms with Gasteiger partial charge in [0, 0.05) is 53.4 Å². The molecule has 6 nitrogen and oxygen atoms in total. The number of carbonyl (C=O) groups is 1. The Morgan fingerprint density at radius 1 is 1.30 bits per heavy atom. The number of carbonyl (C=O) groups excluding carboxylic acids is 1. The predicted molar refractivity (Wildman–Crippen MR) is 168 cm³/mol. The second-order valence-corrected chi connectivity index (χ2v) is 11.9. The summed E-state index contributed by atoms with van der Waals surface area (Å²) in [5.41, 5.74) is 0.470. The van der Waals surface area contributed by atoms with E-state index >= 15 is 8.78 Å². The molecule has 0 bridgehead atoms. The maximum Gasteiger partial charge on any atom is 0.319 e. The molecule has 1 aromatic heterocycles. The molecule has 0 aromatic carbocycles. The first-order valence-electron chi connectivity index (χ1n) is 15.1. The lowest BCUT2D eigenvalue weighted by Gasteiger charge is -2.58. The number of cyclic esters (lactones) is 1. The van der Waals surface area contributed by atoms with Gasteiger partial charge in [0.25, 0.3) is 5.92 Å². The van der Waals surface area contributed by atoms with Crippen molar-refractivity contribution in [3.63, 3.8) is 0 Å². The van der Waals surface area contributed by atoms with Gasteiger partial charge in [-0.15, -0.1) is 0 Å². The molecule has 0 radical (unpaired) electrons. The van der Waals surface area contributed by atoms with Gasteiger partial charge in [-0.05, 0) is 51.2 Å². The average molecular weight is 591 g/mol. The molecule has 2 fully saturated rings. The van der Waals surface area contributed by atoms with Crippen molar-refractivity contribution >= 4 is 29.5 Å². The zero-order valence-corrected chi connectivity index (χ0v) is 26.3. The van der Waals surface area contributed by atoms with Crippen molar-refractivity contribution in [1.29, 1.82) is 16.1 Å². The number of nitriles is 1. The summed E-state index contributed by atoms with van der Waals surface area (Å²) in [6.45, 7) is 13.0. The van der Waals surface area contributed by atoms with Crippen molar-refractivity contribution in [1.82, 2.24) is 4.98 Å². The summed E-state index contributed by atoms with van der Waals surface area (Å²) in [7, 11) is 0. The van der Waals surface area contributed by atoms with Gasteiger partial charge in [-0.3, -0.25) is 9.78 Å². The van der Waals surface area contributed by atoms with Crippen molar-refractivity contribution in [2.45, 2.75) is 86.2 Å². The summed E-state index contributed by atoms with van der Waals surface area (Å²) in [4.78, 5) is 18.2. The van der Waals surface area contributed by atoms with Crippen molar-refractivity contribution in [3.05, 3.63) is 65.0 Å². The molecule has 6 atom stereocenters. The molecule has 1 aliphatic carbocycles. The molecule has 3 rings (SSSR count). The summed E-state index contributed by atoms with van der Waals surface area (Å²) >= 11 is 0. The second-order valence-electron chi connectivity index (χ2n) is 11.9. The van der Waals surface area contributed by atoms with E-state index in [1.807, 2.05) is 58.9 Å². The lowest BCUT2D eigenvalue weighted by molar-refractivity contribution is -0.191. The van der Waals surface area contributed by atoms with Gasteiger partial charge in [-0.25, -0.2) is 8.78 Å². The molecular weight excluding hydrogens is 546 g/mol. The van der Waals surface area contributed by atoms with E-state index in [-0.39, 0.29) is 18.1 Å². The van der Waals surface area contributed by atoms with Crippen molar-refractivity contribution in [3.8, 4) is 6.07 Å². The Labute approximate surface area is 254 Å². The lowest BCUT2D eigenvalue weighted by Crippen LogP contribution is -2.66. The Balaban J connectivity index is 2.17. The number of halogens is 2. The number of esters is 1. The molecule has 1 aliphatic heterocycles. The van der Waals surface area contributed by atoms with Gasteiger partial charge in [0.15, 0.2) is 0 Å². The molecule has 0 spiro atoms. The van der Waals surface area contributed by atoms with E-state index in [9.17, 15) is 10.1 Å². The molecule has 6 unspecified atom stereocenters. The van der Waals surface area contributed by atoms with Crippen LogP contribution in [0.5, 0.6) is 0 Å². The largest absolute Gasteiger partial charge is 0.461 e. The van der Waals surface area contributed by atoms with Gasteiger partial charge in [-0.2, -0.15) is 5.26 Å². The molecule has 1 saturated carbocycles. The first-order valence-corrected chi connectivity index (χ1v) is 15.1. The highest BCUT2D eigenvalue weighted by Crippen LogP contribution is 2.70. The fourth-order valence-corrected chi connectivity index (χ4v) is 7.38. The van der Waals surface area contributed by atoms with Gasteiger partial charge in [0.2, 0.25) is 0 Å². The van der Waals surface area contributed by atoms with Crippen LogP contribution in [0.2, 0.25) is 0 Å². The van der Waals surface area contributed by atoms with Gasteiger partial charge in [-0.1, -0.05) is 70.1 Å². The summed E-state index contributed by atoms with van der Waals surface area (Å²) in [6.07, 6.45) is 11.4. The Morgan fingerprint density at radius 2 is 2.00 bits per heavy atom. The second kappa shape index (κ2) is 13.3. The smallest absolute Gasteiger partial charge is 0.319 e. The molecule has 2 aliphatic rings. The van der Waals surface area contributed by atoms with E-state index < -0.39 is 47.1 Å². The van der Waals surface area contributed by atoms with E-state index in [1.165, 1.54) is 6.92 Å². The van der Waals surface area contributed by atoms with Crippen LogP contribution in [0.25, 0.3) is 11.6 Å². The molecule has 2 N–H and O–H groups in total. The fourth-order valence-electron chi connectivity index (χ4n) is 7.38. The molecule has 1 saturated heterocycles. The maximum absolute atomic E-state index is 15.9. The number of alkyl halides is 2. The highest BCUT2D eigenvalue weighted by Gasteiger charge is 2.78. The minimum absolute atomic E-state index is 0.186. The van der Waals surface area contributed by atoms with Crippen LogP contribution in [-0.2, 0) is 9.53 Å². The summed E-state index contributed by atoms with van der Waals surface area (Å²) in [5, 5.41) is 26.4. The van der Waals surface area contributed by atoms with Crippen LogP contribution in [-0.4, -0.2) is 34.9 Å². The molecule has 2 heterocycles. The number of ether oxygens (including phenoxy) is 1. The number of rotatable bonds is 11. The summed E-state index contributed by atoms with van der Waals surface area (Å²) < 4.78 is 37.6. The van der Waals surface area contributed by atoms with Crippen LogP contribution in [0.3, 0.4) is 0 Å². The van der Waals surface area contributed by atoms with Crippen LogP contribution in [0.4, 0.5) is 8.78 Å². The van der Waals surface area contributed by atoms with E-state index in [0.29, 0.717) is 17.7 Å². The number of fused-ring (bicyclic) bond motifs is 1. The minimum atomic E-state index is -3.25. The third-order valence-corrected chi connectivity index (χ3v) is 9.92. The zero-order valence-electron chi connectivity index (χ0n) is 26.3. The number of allylic oxidation sites excluding steroid dienone is 7. The van der Waals surface area contributed by atoms with E-state index in [2.05, 4.69) is 11.1 Å². The summed E-state index contributed by atoms with van der Waals surface area (Å²) in [5.74, 6) is -6.22. The minimum Gasteiger partial charge on any atom is -0.461 e. The third kappa shape index (κ3) is 5.55. The Hall–Kier alpha value is -3.73. The zero-order chi connectivity index (χ0) is 32.2. The first-order chi connectivity index (χ1) is 20.3. The van der Waals surface area contributed by atoms with E-state index in [1.54, 1.807) is 31.3 Å². The molecule has 230 valence electrons. The molecule has 43 heavy (non-hydrogen) atoms. The van der Waals surface area contributed by atoms with Crippen molar-refractivity contribution in [2.24, 2.45) is 28.6 Å². The number of hydrogen-bond acceptors (Lipinski definition) is 6. The number of nitrogens with zero attached hydrogens (tertiary/aromatic N) is 2. The van der Waals surface area contributed by atoms with E-state index in [4.69, 9.17) is 15.6 Å². The number of hydrogen-bond donors (Lipinski definition) is 2. The van der Waals surface area contributed by atoms with Gasteiger partial charge in [0.05, 0.1) is 17.3 Å². The molecule has 1 aromatic rings. The summed E-state index contributed by atoms with van der Waals surface area (Å²) in [6, 6.07) is 5.97. The van der Waals surface area contributed by atoms with Crippen LogP contribution in [0.15, 0.2) is 53.8 Å². The first kappa shape index (κ1) is 33.8. The Bertz CT molecular complexity index is 1400. The number of aromatic nitrogens is 1. The quantitative estimate of drug-likeness (QED) is 0.116. The highest BCUT2D eigenvalue weighted by atomic mass is 19.3. The van der Waals surface area contributed by atoms with Crippen LogP contribution < -0.4 is 0 Å². The Kier molecular flexibility index (Phi) is 10.4. The monoisotopic (exact) mass is 590 g/mol. The van der Waals surface area contributed by atoms with Crippen molar-refractivity contribution in [2.75, 3.05) is 0 Å². The molecule has 8 heteroatoms. The third-order valence-electron chi connectivity index (χ3n) is 9.92. The number of nitrogens with one attached hydrogen (secondary N) is 2. The lowest BCUT2D eigenvalue weighted by atomic mass is 9.42. The average Bonchev–Trinajstić information content (AvgIpc) is 3.21. The standard InChI is InChI=1S/C35H44F2N4O2/c1-8-11-12-28(29(19-39)22(4)9-2)26-13-14-27(41-20-26)15-16-30-24(6)34(36,37)21-33(31(40)17-18-38)32(42)43-25(7)35(30,33)23(5)10-3/h8,11-16,18,20,23-25,30,38,40H,9-10,17,21H2,1-7H3. The normalized spacial score (nSPS) is 30.0. The number of pyridine rings is 1. The highest BCUT2D eigenvalue weighted by molar-refractivity contribution is 6.11. The SMILES string of the molecule is CC=CC=C(C(C#N)=C(C)CC)c1ccc(C=CC2C(C)C(F)(F)CC3(C(=N)CC=N)C(=O)OC(C)C23C(C)CC)nc1. The van der Waals surface area contributed by atoms with E-state index in [0.717, 1.165) is 29.3 Å². The van der Waals surface area contributed by atoms with Crippen molar-refractivity contribution < 1.29 is 18.3 Å². The predicted octanol–water partition coefficient (Wildman–Crippen LogP) is 8.62. The maximum atomic E-state index is 15.9. The van der Waals surface area contributed by atoms with Crippen LogP contribution in [0, 0.1) is 50.7 Å². The van der Waals surface area contributed by atoms with Crippen LogP contribution in [0.1, 0.15) is 85.4 Å². The molecule has 0 amide bonds. The van der Waals surface area contributed by atoms with Gasteiger partial charge in [0.1, 0.15) is 11.5 Å². The Morgan fingerprint density at radius 3 is 2.53 bits per heavy atom. The topological polar surface area (TPSA) is 111 Å². The molecular formula is C35H44F2N4O2.